The summed E-state index contributed by atoms with van der Waals surface area (Å²) in [6, 6.07) is 67.9. The molecule has 3 nitrogen and oxygen atoms in total. The Morgan fingerprint density at radius 1 is 0.269 bits per heavy atom. The van der Waals surface area contributed by atoms with Gasteiger partial charge < -0.3 is 0 Å². The molecule has 3 heterocycles. The Balaban J connectivity index is 1.31. The minimum Gasteiger partial charge on any atom is -0.294 e. The van der Waals surface area contributed by atoms with E-state index in [9.17, 15) is 0 Å². The normalized spacial score (nSPS) is 11.8. The number of benzene rings is 8. The van der Waals surface area contributed by atoms with Gasteiger partial charge in [0.15, 0.2) is 0 Å². The standard InChI is InChI=1S/C49H31N3/c1-2-16-32(17-3-1)48-38-22-4-6-24-40(38)49(41-25-7-5-23-39(41)48)33-30-46(51-42-26-12-8-18-34(42)35-19-9-13-27-43(35)51)50-47(31-33)52-44-28-14-10-20-36(44)37-21-11-15-29-45(37)52/h1-31H. The lowest BCUT2D eigenvalue weighted by Crippen LogP contribution is -2.04. The Morgan fingerprint density at radius 3 is 0.923 bits per heavy atom. The molecule has 0 bridgehead atoms. The van der Waals surface area contributed by atoms with Gasteiger partial charge in [0.1, 0.15) is 11.6 Å². The van der Waals surface area contributed by atoms with E-state index in [0.717, 1.165) is 39.3 Å². The van der Waals surface area contributed by atoms with Crippen molar-refractivity contribution in [1.82, 2.24) is 14.1 Å². The third-order valence-electron chi connectivity index (χ3n) is 10.7. The van der Waals surface area contributed by atoms with Crippen molar-refractivity contribution in [2.75, 3.05) is 0 Å². The summed E-state index contributed by atoms with van der Waals surface area (Å²) in [6.45, 7) is 0. The molecule has 0 aliphatic carbocycles. The van der Waals surface area contributed by atoms with Crippen LogP contribution in [-0.2, 0) is 0 Å². The lowest BCUT2D eigenvalue weighted by Gasteiger charge is -2.19. The number of aromatic nitrogens is 3. The van der Waals surface area contributed by atoms with Crippen LogP contribution in [0.4, 0.5) is 0 Å². The lowest BCUT2D eigenvalue weighted by molar-refractivity contribution is 1.01. The van der Waals surface area contributed by atoms with Gasteiger partial charge >= 0.3 is 0 Å². The van der Waals surface area contributed by atoms with Crippen molar-refractivity contribution < 1.29 is 0 Å². The molecule has 3 aromatic heterocycles. The average Bonchev–Trinajstić information content (AvgIpc) is 3.73. The fourth-order valence-corrected chi connectivity index (χ4v) is 8.57. The monoisotopic (exact) mass is 661 g/mol. The van der Waals surface area contributed by atoms with Crippen molar-refractivity contribution in [3.05, 3.63) is 188 Å². The third kappa shape index (κ3) is 4.17. The zero-order valence-electron chi connectivity index (χ0n) is 28.2. The maximum atomic E-state index is 5.60. The van der Waals surface area contributed by atoms with Gasteiger partial charge in [-0.15, -0.1) is 0 Å². The van der Waals surface area contributed by atoms with Crippen LogP contribution < -0.4 is 0 Å². The molecule has 8 aromatic carbocycles. The average molecular weight is 662 g/mol. The highest BCUT2D eigenvalue weighted by Crippen LogP contribution is 2.45. The number of hydrogen-bond acceptors (Lipinski definition) is 1. The van der Waals surface area contributed by atoms with Crippen LogP contribution in [0, 0.1) is 0 Å². The summed E-state index contributed by atoms with van der Waals surface area (Å²) in [7, 11) is 0. The van der Waals surface area contributed by atoms with E-state index in [2.05, 4.69) is 197 Å². The van der Waals surface area contributed by atoms with Crippen LogP contribution in [-0.4, -0.2) is 14.1 Å². The van der Waals surface area contributed by atoms with Gasteiger partial charge in [0.05, 0.1) is 22.1 Å². The summed E-state index contributed by atoms with van der Waals surface area (Å²) in [5.74, 6) is 1.76. The molecule has 0 radical (unpaired) electrons. The second-order valence-electron chi connectivity index (χ2n) is 13.5. The van der Waals surface area contributed by atoms with Gasteiger partial charge in [-0.3, -0.25) is 9.13 Å². The van der Waals surface area contributed by atoms with Crippen molar-refractivity contribution in [1.29, 1.82) is 0 Å². The first-order valence-corrected chi connectivity index (χ1v) is 17.8. The Bertz CT molecular complexity index is 2890. The molecule has 0 aliphatic rings. The summed E-state index contributed by atoms with van der Waals surface area (Å²) in [5, 5.41) is 9.75. The quantitative estimate of drug-likeness (QED) is 0.172. The summed E-state index contributed by atoms with van der Waals surface area (Å²) in [6.07, 6.45) is 0. The molecule has 11 rings (SSSR count). The van der Waals surface area contributed by atoms with Crippen LogP contribution >= 0.6 is 0 Å². The molecule has 0 atom stereocenters. The van der Waals surface area contributed by atoms with Crippen molar-refractivity contribution in [3.63, 3.8) is 0 Å². The van der Waals surface area contributed by atoms with Crippen molar-refractivity contribution in [2.24, 2.45) is 0 Å². The number of pyridine rings is 1. The molecule has 0 unspecified atom stereocenters. The molecule has 0 spiro atoms. The van der Waals surface area contributed by atoms with E-state index in [-0.39, 0.29) is 0 Å². The van der Waals surface area contributed by atoms with Gasteiger partial charge in [-0.25, -0.2) is 4.98 Å². The highest BCUT2D eigenvalue weighted by molar-refractivity contribution is 6.21. The van der Waals surface area contributed by atoms with Gasteiger partial charge in [-0.1, -0.05) is 152 Å². The van der Waals surface area contributed by atoms with Crippen LogP contribution in [0.2, 0.25) is 0 Å². The first-order valence-electron chi connectivity index (χ1n) is 17.8. The van der Waals surface area contributed by atoms with E-state index in [0.29, 0.717) is 0 Å². The zero-order chi connectivity index (χ0) is 34.2. The van der Waals surface area contributed by atoms with Crippen LogP contribution in [0.3, 0.4) is 0 Å². The predicted molar refractivity (Wildman–Crippen MR) is 219 cm³/mol. The molecule has 0 saturated heterocycles. The van der Waals surface area contributed by atoms with Gasteiger partial charge in [0.2, 0.25) is 0 Å². The molecular formula is C49H31N3. The maximum absolute atomic E-state index is 5.60. The van der Waals surface area contributed by atoms with Crippen molar-refractivity contribution in [2.45, 2.75) is 0 Å². The third-order valence-corrected chi connectivity index (χ3v) is 10.7. The highest BCUT2D eigenvalue weighted by atomic mass is 15.1. The fraction of sp³-hybridized carbons (Fsp3) is 0. The first kappa shape index (κ1) is 28.8. The molecule has 3 heteroatoms. The van der Waals surface area contributed by atoms with Gasteiger partial charge in [0.25, 0.3) is 0 Å². The fourth-order valence-electron chi connectivity index (χ4n) is 8.57. The molecule has 0 fully saturated rings. The molecule has 0 saturated carbocycles. The second kappa shape index (κ2) is 11.3. The van der Waals surface area contributed by atoms with E-state index < -0.39 is 0 Å². The molecule has 52 heavy (non-hydrogen) atoms. The Labute approximate surface area is 300 Å². The number of para-hydroxylation sites is 4. The summed E-state index contributed by atoms with van der Waals surface area (Å²) in [5.41, 5.74) is 9.34. The van der Waals surface area contributed by atoms with Crippen LogP contribution in [0.5, 0.6) is 0 Å². The SMILES string of the molecule is c1ccc(-c2c3ccccc3c(-c3cc(-n4c5ccccc5c5ccccc54)nc(-n4c5ccccc5c5ccccc54)c3)c3ccccc23)cc1. The minimum absolute atomic E-state index is 0.882. The summed E-state index contributed by atoms with van der Waals surface area (Å²) >= 11 is 0. The van der Waals surface area contributed by atoms with E-state index in [1.54, 1.807) is 0 Å². The highest BCUT2D eigenvalue weighted by Gasteiger charge is 2.21. The number of fused-ring (bicyclic) bond motifs is 8. The number of rotatable bonds is 4. The Kier molecular flexibility index (Phi) is 6.25. The molecule has 0 amide bonds. The Morgan fingerprint density at radius 2 is 0.558 bits per heavy atom. The molecule has 0 N–H and O–H groups in total. The van der Waals surface area contributed by atoms with Crippen LogP contribution in [0.1, 0.15) is 0 Å². The second-order valence-corrected chi connectivity index (χ2v) is 13.5. The maximum Gasteiger partial charge on any atom is 0.140 e. The van der Waals surface area contributed by atoms with E-state index in [1.165, 1.54) is 59.8 Å². The van der Waals surface area contributed by atoms with Crippen LogP contribution in [0.25, 0.3) is 99.0 Å². The van der Waals surface area contributed by atoms with Crippen molar-refractivity contribution >= 4 is 65.2 Å². The first-order chi connectivity index (χ1) is 25.8. The lowest BCUT2D eigenvalue weighted by atomic mass is 9.86. The van der Waals surface area contributed by atoms with Crippen molar-refractivity contribution in [3.8, 4) is 33.9 Å². The summed E-state index contributed by atoms with van der Waals surface area (Å²) in [4.78, 5) is 5.60. The van der Waals surface area contributed by atoms with E-state index in [1.807, 2.05) is 0 Å². The van der Waals surface area contributed by atoms with Crippen LogP contribution in [0.15, 0.2) is 188 Å². The van der Waals surface area contributed by atoms with Gasteiger partial charge in [-0.2, -0.15) is 0 Å². The zero-order valence-corrected chi connectivity index (χ0v) is 28.2. The molecule has 11 aromatic rings. The number of hydrogen-bond donors (Lipinski definition) is 0. The summed E-state index contributed by atoms with van der Waals surface area (Å²) < 4.78 is 4.68. The van der Waals surface area contributed by atoms with E-state index in [4.69, 9.17) is 4.98 Å². The topological polar surface area (TPSA) is 22.8 Å². The predicted octanol–water partition coefficient (Wildman–Crippen LogP) is 12.9. The Hall–Kier alpha value is -6.97. The number of nitrogens with zero attached hydrogens (tertiary/aromatic N) is 3. The van der Waals surface area contributed by atoms with Gasteiger partial charge in [0, 0.05) is 21.5 Å². The van der Waals surface area contributed by atoms with E-state index >= 15 is 0 Å². The molecule has 0 aliphatic heterocycles. The molecule has 242 valence electrons. The van der Waals surface area contributed by atoms with Gasteiger partial charge in [-0.05, 0) is 80.2 Å². The smallest absolute Gasteiger partial charge is 0.140 e. The largest absolute Gasteiger partial charge is 0.294 e. The minimum atomic E-state index is 0.882. The molecular weight excluding hydrogens is 631 g/mol.